The minimum absolute atomic E-state index is 0.180. The van der Waals surface area contributed by atoms with Gasteiger partial charge in [-0.05, 0) is 72.4 Å². The number of sulfonamides is 1. The van der Waals surface area contributed by atoms with Gasteiger partial charge >= 0.3 is 0 Å². The van der Waals surface area contributed by atoms with Crippen molar-refractivity contribution >= 4 is 38.7 Å². The molecule has 5 rings (SSSR count). The predicted octanol–water partition coefficient (Wildman–Crippen LogP) is 3.88. The number of nitrogens with zero attached hydrogens (tertiary/aromatic N) is 4. The number of hydrogen-bond donors (Lipinski definition) is 2. The van der Waals surface area contributed by atoms with Crippen LogP contribution in [0.4, 0.5) is 11.4 Å². The molecule has 1 aliphatic heterocycles. The van der Waals surface area contributed by atoms with Gasteiger partial charge < -0.3 is 14.8 Å². The third-order valence-electron chi connectivity index (χ3n) is 5.79. The van der Waals surface area contributed by atoms with Gasteiger partial charge in [-0.1, -0.05) is 12.1 Å². The van der Waals surface area contributed by atoms with Crippen LogP contribution in [0, 0.1) is 0 Å². The Hall–Kier alpha value is -3.76. The molecule has 4 aromatic rings. The maximum Gasteiger partial charge on any atom is 0.229 e. The van der Waals surface area contributed by atoms with Gasteiger partial charge in [-0.3, -0.25) is 14.7 Å². The number of rotatable bonds is 7. The fourth-order valence-corrected chi connectivity index (χ4v) is 5.28. The first-order chi connectivity index (χ1) is 16.9. The second kappa shape index (κ2) is 9.47. The van der Waals surface area contributed by atoms with Crippen LogP contribution in [0.15, 0.2) is 91.5 Å². The normalized spacial score (nSPS) is 17.9. The maximum atomic E-state index is 11.6. The molecule has 0 amide bonds. The molecule has 1 aromatic carbocycles. The zero-order valence-electron chi connectivity index (χ0n) is 18.9. The van der Waals surface area contributed by atoms with Crippen molar-refractivity contribution in [3.05, 3.63) is 108 Å². The number of benzene rings is 1. The summed E-state index contributed by atoms with van der Waals surface area (Å²) in [7, 11) is -3.36. The number of nitrogens with one attached hydrogen (secondary N) is 2. The van der Waals surface area contributed by atoms with Crippen molar-refractivity contribution in [2.75, 3.05) is 15.9 Å². The van der Waals surface area contributed by atoms with Crippen molar-refractivity contribution in [2.45, 2.75) is 18.6 Å². The van der Waals surface area contributed by atoms with Crippen molar-refractivity contribution in [2.24, 2.45) is 0 Å². The molecule has 1 saturated heterocycles. The molecule has 35 heavy (non-hydrogen) atoms. The van der Waals surface area contributed by atoms with Crippen molar-refractivity contribution in [1.82, 2.24) is 19.9 Å². The highest BCUT2D eigenvalue weighted by Gasteiger charge is 2.42. The smallest absolute Gasteiger partial charge is 0.229 e. The number of pyridine rings is 2. The summed E-state index contributed by atoms with van der Waals surface area (Å²) in [6, 6.07) is 20.8. The average molecular weight is 505 g/mol. The molecule has 2 atom stereocenters. The van der Waals surface area contributed by atoms with Gasteiger partial charge in [0.05, 0.1) is 18.0 Å². The number of thiocarbonyl (C=S) groups is 1. The van der Waals surface area contributed by atoms with E-state index in [1.165, 1.54) is 0 Å². The van der Waals surface area contributed by atoms with E-state index in [-0.39, 0.29) is 12.1 Å². The van der Waals surface area contributed by atoms with Crippen molar-refractivity contribution in [1.29, 1.82) is 0 Å². The molecule has 1 aliphatic rings. The first-order valence-electron chi connectivity index (χ1n) is 11.0. The molecular weight excluding hydrogens is 480 g/mol. The molecule has 0 unspecified atom stereocenters. The lowest BCUT2D eigenvalue weighted by Crippen LogP contribution is -2.30. The van der Waals surface area contributed by atoms with Crippen LogP contribution >= 0.6 is 12.2 Å². The van der Waals surface area contributed by atoms with Crippen molar-refractivity contribution in [3.8, 4) is 0 Å². The summed E-state index contributed by atoms with van der Waals surface area (Å²) >= 11 is 5.80. The molecule has 0 saturated carbocycles. The lowest BCUT2D eigenvalue weighted by molar-refractivity contribution is 0.533. The van der Waals surface area contributed by atoms with E-state index in [0.717, 1.165) is 28.9 Å². The van der Waals surface area contributed by atoms with Crippen molar-refractivity contribution < 1.29 is 8.42 Å². The largest absolute Gasteiger partial charge is 0.351 e. The summed E-state index contributed by atoms with van der Waals surface area (Å²) in [5.41, 5.74) is 4.38. The Morgan fingerprint density at radius 3 is 2.54 bits per heavy atom. The lowest BCUT2D eigenvalue weighted by Gasteiger charge is -2.29. The molecule has 0 bridgehead atoms. The molecule has 1 fully saturated rings. The maximum absolute atomic E-state index is 11.6. The molecule has 0 aliphatic carbocycles. The number of anilines is 2. The quantitative estimate of drug-likeness (QED) is 0.369. The van der Waals surface area contributed by atoms with Crippen molar-refractivity contribution in [3.63, 3.8) is 0 Å². The topological polar surface area (TPSA) is 92.2 Å². The minimum Gasteiger partial charge on any atom is -0.351 e. The summed E-state index contributed by atoms with van der Waals surface area (Å²) in [5.74, 6) is 0. The van der Waals surface area contributed by atoms with E-state index in [1.807, 2.05) is 48.7 Å². The van der Waals surface area contributed by atoms with E-state index in [2.05, 4.69) is 47.8 Å². The molecule has 0 spiro atoms. The number of aromatic nitrogens is 3. The fraction of sp³-hybridized carbons (Fsp3) is 0.160. The van der Waals surface area contributed by atoms with E-state index in [4.69, 9.17) is 12.2 Å². The Bertz CT molecular complexity index is 1420. The Labute approximate surface area is 209 Å². The van der Waals surface area contributed by atoms with E-state index in [9.17, 15) is 8.42 Å². The van der Waals surface area contributed by atoms with Gasteiger partial charge in [0.1, 0.15) is 6.04 Å². The van der Waals surface area contributed by atoms with Crippen LogP contribution in [-0.4, -0.2) is 34.3 Å². The molecule has 8 nitrogen and oxygen atoms in total. The van der Waals surface area contributed by atoms with Crippen LogP contribution in [0.3, 0.4) is 0 Å². The first kappa shape index (κ1) is 23.0. The highest BCUT2D eigenvalue weighted by molar-refractivity contribution is 7.92. The van der Waals surface area contributed by atoms with Crippen LogP contribution in [-0.2, 0) is 16.6 Å². The van der Waals surface area contributed by atoms with Crippen LogP contribution in [0.1, 0.15) is 29.0 Å². The molecule has 10 heteroatoms. The van der Waals surface area contributed by atoms with Crippen LogP contribution in [0.5, 0.6) is 0 Å². The average Bonchev–Trinajstić information content (AvgIpc) is 3.43. The number of hydrogen-bond acceptors (Lipinski definition) is 5. The van der Waals surface area contributed by atoms with Gasteiger partial charge in [0.2, 0.25) is 10.0 Å². The molecule has 2 N–H and O–H groups in total. The first-order valence-corrected chi connectivity index (χ1v) is 13.3. The molecule has 0 radical (unpaired) electrons. The van der Waals surface area contributed by atoms with Crippen LogP contribution in [0.2, 0.25) is 0 Å². The lowest BCUT2D eigenvalue weighted by atomic mass is 10.0. The summed E-state index contributed by atoms with van der Waals surface area (Å²) < 4.78 is 27.9. The second-order valence-electron chi connectivity index (χ2n) is 8.34. The van der Waals surface area contributed by atoms with Crippen LogP contribution < -0.4 is 14.9 Å². The highest BCUT2D eigenvalue weighted by Crippen LogP contribution is 2.42. The Morgan fingerprint density at radius 2 is 1.86 bits per heavy atom. The summed E-state index contributed by atoms with van der Waals surface area (Å²) in [6.07, 6.45) is 8.59. The molecule has 3 aromatic heterocycles. The Kier molecular flexibility index (Phi) is 6.23. The van der Waals surface area contributed by atoms with Gasteiger partial charge in [-0.2, -0.15) is 0 Å². The molecule has 4 heterocycles. The monoisotopic (exact) mass is 504 g/mol. The fourth-order valence-electron chi connectivity index (χ4n) is 4.37. The third-order valence-corrected chi connectivity index (χ3v) is 6.71. The minimum atomic E-state index is -3.36. The zero-order valence-corrected chi connectivity index (χ0v) is 20.6. The van der Waals surface area contributed by atoms with Gasteiger partial charge in [-0.15, -0.1) is 0 Å². The summed E-state index contributed by atoms with van der Waals surface area (Å²) in [5, 5.41) is 4.03. The molecule has 178 valence electrons. The standard InChI is InChI=1S/C25H24N6O2S2/c1-35(32,33)29-19-9-11-20(12-10-19)31-24(23(28-25(31)34)21-7-2-3-14-27-21)22-8-5-15-30(22)17-18-6-4-13-26-16-18/h2-16,23-24,29H,17H2,1H3,(H,28,34)/t23-,24-/m1/s1. The van der Waals surface area contributed by atoms with E-state index < -0.39 is 10.0 Å². The van der Waals surface area contributed by atoms with Gasteiger partial charge in [0.15, 0.2) is 5.11 Å². The SMILES string of the molecule is CS(=O)(=O)Nc1ccc(N2C(=S)N[C@H](c3ccccn3)[C@H]2c2cccn2Cc2cccnc2)cc1. The van der Waals surface area contributed by atoms with Gasteiger partial charge in [0, 0.05) is 48.4 Å². The summed E-state index contributed by atoms with van der Waals surface area (Å²) in [4.78, 5) is 10.9. The van der Waals surface area contributed by atoms with Gasteiger partial charge in [0.25, 0.3) is 0 Å². The highest BCUT2D eigenvalue weighted by atomic mass is 32.2. The van der Waals surface area contributed by atoms with E-state index >= 15 is 0 Å². The third kappa shape index (κ3) is 5.03. The Morgan fingerprint density at radius 1 is 1.03 bits per heavy atom. The van der Waals surface area contributed by atoms with E-state index in [1.54, 1.807) is 24.5 Å². The second-order valence-corrected chi connectivity index (χ2v) is 10.5. The molecular formula is C25H24N6O2S2. The van der Waals surface area contributed by atoms with Gasteiger partial charge in [-0.25, -0.2) is 8.42 Å². The predicted molar refractivity (Wildman–Crippen MR) is 141 cm³/mol. The summed E-state index contributed by atoms with van der Waals surface area (Å²) in [6.45, 7) is 0.666. The zero-order chi connectivity index (χ0) is 24.4. The Balaban J connectivity index is 1.55. The van der Waals surface area contributed by atoms with E-state index in [0.29, 0.717) is 17.3 Å². The van der Waals surface area contributed by atoms with Crippen LogP contribution in [0.25, 0.3) is 0 Å².